The monoisotopic (exact) mass is 438 g/mol. The number of rotatable bonds is 6. The van der Waals surface area contributed by atoms with Crippen LogP contribution in [0.1, 0.15) is 19.8 Å². The summed E-state index contributed by atoms with van der Waals surface area (Å²) in [5, 5.41) is 3.19. The van der Waals surface area contributed by atoms with Crippen LogP contribution in [0.3, 0.4) is 0 Å². The Hall–Kier alpha value is -1.86. The second kappa shape index (κ2) is 10.6. The highest BCUT2D eigenvalue weighted by atomic mass is 32.2. The quantitative estimate of drug-likeness (QED) is 0.741. The lowest BCUT2D eigenvalue weighted by atomic mass is 10.0. The second-order valence-corrected chi connectivity index (χ2v) is 9.82. The molecule has 2 atom stereocenters. The third kappa shape index (κ3) is 5.89. The van der Waals surface area contributed by atoms with Gasteiger partial charge in [-0.2, -0.15) is 0 Å². The van der Waals surface area contributed by atoms with Crippen LogP contribution in [-0.2, 0) is 4.79 Å². The van der Waals surface area contributed by atoms with Gasteiger partial charge in [0.15, 0.2) is 0 Å². The van der Waals surface area contributed by atoms with Crippen molar-refractivity contribution >= 4 is 23.4 Å². The number of likely N-dealkylation sites (N-methyl/N-ethyl adjacent to an activating group) is 1. The first kappa shape index (κ1) is 22.3. The number of amides is 1. The van der Waals surface area contributed by atoms with E-state index in [-0.39, 0.29) is 11.9 Å². The van der Waals surface area contributed by atoms with Gasteiger partial charge in [0.1, 0.15) is 0 Å². The lowest BCUT2D eigenvalue weighted by molar-refractivity contribution is -0.121. The molecule has 0 radical (unpaired) electrons. The van der Waals surface area contributed by atoms with E-state index in [1.165, 1.54) is 30.8 Å². The Balaban J connectivity index is 1.32. The Bertz CT molecular complexity index is 854. The summed E-state index contributed by atoms with van der Waals surface area (Å²) in [5.74, 6) is 0.0759. The largest absolute Gasteiger partial charge is 0.324 e. The highest BCUT2D eigenvalue weighted by molar-refractivity contribution is 7.99. The van der Waals surface area contributed by atoms with Gasteiger partial charge in [0.2, 0.25) is 5.91 Å². The summed E-state index contributed by atoms with van der Waals surface area (Å²) >= 11 is 1.68. The molecule has 31 heavy (non-hydrogen) atoms. The number of benzene rings is 2. The van der Waals surface area contributed by atoms with Crippen molar-refractivity contribution in [2.24, 2.45) is 0 Å². The number of anilines is 1. The number of carbonyl (C=O) groups excluding carboxylic acids is 1. The number of piperidine rings is 1. The number of hydrogen-bond donors (Lipinski definition) is 1. The zero-order valence-corrected chi connectivity index (χ0v) is 19.5. The molecule has 2 aliphatic rings. The highest BCUT2D eigenvalue weighted by Crippen LogP contribution is 2.33. The van der Waals surface area contributed by atoms with Crippen LogP contribution in [0, 0.1) is 0 Å². The van der Waals surface area contributed by atoms with Crippen molar-refractivity contribution in [2.45, 2.75) is 41.6 Å². The summed E-state index contributed by atoms with van der Waals surface area (Å²) in [7, 11) is 2.22. The van der Waals surface area contributed by atoms with Crippen molar-refractivity contribution in [3.63, 3.8) is 0 Å². The first-order valence-electron chi connectivity index (χ1n) is 11.4. The van der Waals surface area contributed by atoms with Gasteiger partial charge in [0, 0.05) is 48.6 Å². The average molecular weight is 439 g/mol. The number of nitrogens with zero attached hydrogens (tertiary/aromatic N) is 3. The molecule has 5 nitrogen and oxygen atoms in total. The molecule has 2 aromatic carbocycles. The van der Waals surface area contributed by atoms with E-state index in [0.29, 0.717) is 6.04 Å². The van der Waals surface area contributed by atoms with Crippen LogP contribution in [0.5, 0.6) is 0 Å². The van der Waals surface area contributed by atoms with Crippen LogP contribution in [0.15, 0.2) is 64.4 Å². The molecule has 1 amide bonds. The SMILES string of the molecule is CC(C(=O)Nc1ccccc1Sc1ccccc1)N1CCN(C2CCCN(C)C2)CC1. The first-order chi connectivity index (χ1) is 15.1. The fourth-order valence-electron chi connectivity index (χ4n) is 4.60. The van der Waals surface area contributed by atoms with Crippen molar-refractivity contribution in [1.29, 1.82) is 0 Å². The van der Waals surface area contributed by atoms with E-state index in [4.69, 9.17) is 0 Å². The minimum absolute atomic E-state index is 0.0759. The lowest BCUT2D eigenvalue weighted by Gasteiger charge is -2.43. The number of piperazine rings is 1. The van der Waals surface area contributed by atoms with Gasteiger partial charge in [-0.15, -0.1) is 0 Å². The molecule has 0 spiro atoms. The van der Waals surface area contributed by atoms with E-state index in [1.807, 2.05) is 43.3 Å². The van der Waals surface area contributed by atoms with E-state index in [9.17, 15) is 4.79 Å². The normalized spacial score (nSPS) is 22.2. The summed E-state index contributed by atoms with van der Waals surface area (Å²) < 4.78 is 0. The third-order valence-corrected chi connectivity index (χ3v) is 7.59. The summed E-state index contributed by atoms with van der Waals surface area (Å²) in [6.45, 7) is 8.44. The van der Waals surface area contributed by atoms with Crippen molar-refractivity contribution in [3.8, 4) is 0 Å². The lowest BCUT2D eigenvalue weighted by Crippen LogP contribution is -2.57. The second-order valence-electron chi connectivity index (χ2n) is 8.71. The molecule has 4 rings (SSSR count). The molecule has 2 fully saturated rings. The minimum atomic E-state index is -0.133. The Morgan fingerprint density at radius 1 is 1.00 bits per heavy atom. The molecular formula is C25H34N4OS. The van der Waals surface area contributed by atoms with Crippen LogP contribution < -0.4 is 5.32 Å². The smallest absolute Gasteiger partial charge is 0.241 e. The Morgan fingerprint density at radius 3 is 2.45 bits per heavy atom. The molecule has 1 N–H and O–H groups in total. The summed E-state index contributed by atoms with van der Waals surface area (Å²) in [5.41, 5.74) is 0.886. The van der Waals surface area contributed by atoms with Gasteiger partial charge in [-0.05, 0) is 57.6 Å². The van der Waals surface area contributed by atoms with Crippen molar-refractivity contribution in [3.05, 3.63) is 54.6 Å². The Kier molecular flexibility index (Phi) is 7.67. The topological polar surface area (TPSA) is 38.8 Å². The van der Waals surface area contributed by atoms with Crippen LogP contribution >= 0.6 is 11.8 Å². The number of para-hydroxylation sites is 1. The molecule has 2 heterocycles. The standard InChI is InChI=1S/C25H34N4OS/c1-20(28-15-17-29(18-16-28)21-9-8-14-27(2)19-21)25(30)26-23-12-6-7-13-24(23)31-22-10-4-3-5-11-22/h3-7,10-13,20-21H,8-9,14-19H2,1-2H3,(H,26,30). The molecule has 0 bridgehead atoms. The Labute approximate surface area is 190 Å². The molecule has 0 saturated carbocycles. The zero-order chi connectivity index (χ0) is 21.6. The number of likely N-dealkylation sites (tertiary alicyclic amines) is 1. The van der Waals surface area contributed by atoms with E-state index in [0.717, 1.165) is 36.8 Å². The van der Waals surface area contributed by atoms with Gasteiger partial charge in [0.25, 0.3) is 0 Å². The predicted molar refractivity (Wildman–Crippen MR) is 129 cm³/mol. The third-order valence-electron chi connectivity index (χ3n) is 6.51. The molecule has 2 saturated heterocycles. The van der Waals surface area contributed by atoms with Gasteiger partial charge < -0.3 is 10.2 Å². The number of carbonyl (C=O) groups is 1. The van der Waals surface area contributed by atoms with Gasteiger partial charge in [-0.25, -0.2) is 0 Å². The molecule has 0 aromatic heterocycles. The van der Waals surface area contributed by atoms with Gasteiger partial charge >= 0.3 is 0 Å². The van der Waals surface area contributed by atoms with Crippen LogP contribution in [0.4, 0.5) is 5.69 Å². The molecular weight excluding hydrogens is 404 g/mol. The van der Waals surface area contributed by atoms with Gasteiger partial charge in [-0.3, -0.25) is 14.6 Å². The fraction of sp³-hybridized carbons (Fsp3) is 0.480. The molecule has 2 aromatic rings. The maximum atomic E-state index is 13.1. The molecule has 166 valence electrons. The molecule has 2 aliphatic heterocycles. The average Bonchev–Trinajstić information content (AvgIpc) is 2.80. The van der Waals surface area contributed by atoms with E-state index < -0.39 is 0 Å². The van der Waals surface area contributed by atoms with Gasteiger partial charge in [0.05, 0.1) is 11.7 Å². The molecule has 2 unspecified atom stereocenters. The summed E-state index contributed by atoms with van der Waals surface area (Å²) in [6, 6.07) is 18.9. The summed E-state index contributed by atoms with van der Waals surface area (Å²) in [6.07, 6.45) is 2.59. The predicted octanol–water partition coefficient (Wildman–Crippen LogP) is 3.88. The first-order valence-corrected chi connectivity index (χ1v) is 12.2. The molecule has 0 aliphatic carbocycles. The number of nitrogens with one attached hydrogen (secondary N) is 1. The summed E-state index contributed by atoms with van der Waals surface area (Å²) in [4.78, 5) is 22.7. The molecule has 6 heteroatoms. The maximum absolute atomic E-state index is 13.1. The van der Waals surface area contributed by atoms with Crippen LogP contribution in [0.25, 0.3) is 0 Å². The van der Waals surface area contributed by atoms with E-state index in [1.54, 1.807) is 11.8 Å². The number of hydrogen-bond acceptors (Lipinski definition) is 5. The van der Waals surface area contributed by atoms with Crippen LogP contribution in [0.2, 0.25) is 0 Å². The Morgan fingerprint density at radius 2 is 1.71 bits per heavy atom. The van der Waals surface area contributed by atoms with Gasteiger partial charge in [-0.1, -0.05) is 42.1 Å². The minimum Gasteiger partial charge on any atom is -0.324 e. The fourth-order valence-corrected chi connectivity index (χ4v) is 5.53. The van der Waals surface area contributed by atoms with Crippen LogP contribution in [-0.4, -0.2) is 79.0 Å². The maximum Gasteiger partial charge on any atom is 0.241 e. The van der Waals surface area contributed by atoms with E-state index in [2.05, 4.69) is 45.3 Å². The van der Waals surface area contributed by atoms with Crippen molar-refractivity contribution in [2.75, 3.05) is 51.6 Å². The highest BCUT2D eigenvalue weighted by Gasteiger charge is 2.30. The van der Waals surface area contributed by atoms with Crippen molar-refractivity contribution < 1.29 is 4.79 Å². The van der Waals surface area contributed by atoms with E-state index >= 15 is 0 Å². The zero-order valence-electron chi connectivity index (χ0n) is 18.7. The van der Waals surface area contributed by atoms with Crippen molar-refractivity contribution in [1.82, 2.24) is 14.7 Å².